The van der Waals surface area contributed by atoms with E-state index in [1.54, 1.807) is 6.92 Å². The Hall–Kier alpha value is -2.84. The van der Waals surface area contributed by atoms with Gasteiger partial charge in [0, 0.05) is 29.5 Å². The molecule has 148 valence electrons. The summed E-state index contributed by atoms with van der Waals surface area (Å²) in [5, 5.41) is 9.34. The van der Waals surface area contributed by atoms with Crippen LogP contribution in [0.15, 0.2) is 30.5 Å². The van der Waals surface area contributed by atoms with E-state index in [4.69, 9.17) is 0 Å². The minimum absolute atomic E-state index is 0.0358. The summed E-state index contributed by atoms with van der Waals surface area (Å²) in [6.07, 6.45) is -3.18. The number of carbonyl (C=O) groups is 1. The van der Waals surface area contributed by atoms with Crippen molar-refractivity contribution in [1.82, 2.24) is 25.5 Å². The zero-order chi connectivity index (χ0) is 19.9. The van der Waals surface area contributed by atoms with Crippen LogP contribution in [-0.4, -0.2) is 32.2 Å². The molecule has 2 aromatic heterocycles. The average molecular weight is 391 g/mol. The van der Waals surface area contributed by atoms with E-state index in [0.29, 0.717) is 17.7 Å². The van der Waals surface area contributed by atoms with Crippen molar-refractivity contribution in [3.63, 3.8) is 0 Å². The van der Waals surface area contributed by atoms with Gasteiger partial charge in [0.1, 0.15) is 5.82 Å². The number of para-hydroxylation sites is 2. The van der Waals surface area contributed by atoms with Gasteiger partial charge in [-0.1, -0.05) is 12.1 Å². The predicted octanol–water partition coefficient (Wildman–Crippen LogP) is 3.76. The number of hydrogen-bond acceptors (Lipinski definition) is 3. The minimum atomic E-state index is -4.23. The molecule has 0 spiro atoms. The van der Waals surface area contributed by atoms with Gasteiger partial charge in [-0.25, -0.2) is 4.98 Å². The number of amides is 1. The maximum atomic E-state index is 12.6. The zero-order valence-electron chi connectivity index (χ0n) is 15.2. The van der Waals surface area contributed by atoms with Gasteiger partial charge in [0.05, 0.1) is 23.3 Å². The number of nitrogens with one attached hydrogen (secondary N) is 3. The number of rotatable bonds is 6. The Kier molecular flexibility index (Phi) is 4.60. The number of imidazole rings is 1. The minimum Gasteiger partial charge on any atom is -0.349 e. The molecule has 28 heavy (non-hydrogen) atoms. The van der Waals surface area contributed by atoms with Gasteiger partial charge in [0.25, 0.3) is 0 Å². The summed E-state index contributed by atoms with van der Waals surface area (Å²) in [5.41, 5.74) is 2.78. The quantitative estimate of drug-likeness (QED) is 0.598. The van der Waals surface area contributed by atoms with E-state index in [-0.39, 0.29) is 24.2 Å². The highest BCUT2D eigenvalue weighted by atomic mass is 19.4. The molecule has 1 aromatic carbocycles. The molecule has 3 aromatic rings. The molecule has 1 aliphatic carbocycles. The second-order valence-electron chi connectivity index (χ2n) is 7.24. The smallest absolute Gasteiger partial charge is 0.349 e. The van der Waals surface area contributed by atoms with Crippen molar-refractivity contribution < 1.29 is 18.0 Å². The predicted molar refractivity (Wildman–Crippen MR) is 96.5 cm³/mol. The summed E-state index contributed by atoms with van der Waals surface area (Å²) in [7, 11) is 0. The molecule has 1 amide bonds. The molecule has 0 aliphatic heterocycles. The van der Waals surface area contributed by atoms with Crippen LogP contribution in [0.25, 0.3) is 11.0 Å². The summed E-state index contributed by atoms with van der Waals surface area (Å²) in [5.74, 6) is 0.520. The number of fused-ring (bicyclic) bond motifs is 1. The Bertz CT molecular complexity index is 960. The topological polar surface area (TPSA) is 86.5 Å². The third-order valence-electron chi connectivity index (χ3n) is 5.12. The van der Waals surface area contributed by atoms with Crippen LogP contribution < -0.4 is 5.32 Å². The van der Waals surface area contributed by atoms with Gasteiger partial charge in [-0.2, -0.15) is 18.3 Å². The van der Waals surface area contributed by atoms with Gasteiger partial charge >= 0.3 is 6.18 Å². The molecule has 1 unspecified atom stereocenters. The van der Waals surface area contributed by atoms with E-state index < -0.39 is 18.6 Å². The average Bonchev–Trinajstić information content (AvgIpc) is 3.11. The lowest BCUT2D eigenvalue weighted by molar-refractivity contribution is -0.134. The van der Waals surface area contributed by atoms with Crippen LogP contribution in [0.3, 0.4) is 0 Å². The van der Waals surface area contributed by atoms with Crippen LogP contribution in [0.2, 0.25) is 0 Å². The fourth-order valence-electron chi connectivity index (χ4n) is 3.50. The molecular formula is C19H20F3N5O. The van der Waals surface area contributed by atoms with Gasteiger partial charge in [-0.05, 0) is 31.9 Å². The number of carbonyl (C=O) groups excluding carboxylic acids is 1. The fourth-order valence-corrected chi connectivity index (χ4v) is 3.50. The Morgan fingerprint density at radius 1 is 1.36 bits per heavy atom. The van der Waals surface area contributed by atoms with Crippen LogP contribution in [0.5, 0.6) is 0 Å². The summed E-state index contributed by atoms with van der Waals surface area (Å²) in [4.78, 5) is 20.4. The van der Waals surface area contributed by atoms with Crippen LogP contribution in [0.1, 0.15) is 48.8 Å². The monoisotopic (exact) mass is 391 g/mol. The van der Waals surface area contributed by atoms with E-state index in [1.807, 2.05) is 24.3 Å². The molecule has 1 fully saturated rings. The van der Waals surface area contributed by atoms with Crippen LogP contribution in [-0.2, 0) is 11.2 Å². The Balaban J connectivity index is 1.37. The summed E-state index contributed by atoms with van der Waals surface area (Å²) in [6, 6.07) is 7.26. The van der Waals surface area contributed by atoms with E-state index in [9.17, 15) is 18.0 Å². The number of alkyl halides is 3. The molecule has 1 aliphatic rings. The number of halogens is 3. The molecule has 4 rings (SSSR count). The molecule has 9 heteroatoms. The third-order valence-corrected chi connectivity index (χ3v) is 5.12. The fraction of sp³-hybridized carbons (Fsp3) is 0.421. The number of aromatic nitrogens is 4. The molecule has 0 bridgehead atoms. The zero-order valence-corrected chi connectivity index (χ0v) is 15.2. The number of H-pyrrole nitrogens is 2. The second kappa shape index (κ2) is 6.96. The molecule has 2 heterocycles. The highest BCUT2D eigenvalue weighted by Crippen LogP contribution is 2.47. The van der Waals surface area contributed by atoms with Crippen molar-refractivity contribution in [2.24, 2.45) is 5.92 Å². The Labute approximate surface area is 158 Å². The molecule has 6 nitrogen and oxygen atoms in total. The largest absolute Gasteiger partial charge is 0.389 e. The lowest BCUT2D eigenvalue weighted by Gasteiger charge is -2.15. The first-order valence-electron chi connectivity index (χ1n) is 9.16. The highest BCUT2D eigenvalue weighted by Gasteiger charge is 2.46. The Morgan fingerprint density at radius 2 is 2.14 bits per heavy atom. The van der Waals surface area contributed by atoms with Crippen molar-refractivity contribution in [2.75, 3.05) is 0 Å². The van der Waals surface area contributed by atoms with Crippen LogP contribution >= 0.6 is 0 Å². The van der Waals surface area contributed by atoms with Gasteiger partial charge in [-0.3, -0.25) is 9.89 Å². The van der Waals surface area contributed by atoms with Gasteiger partial charge in [0.2, 0.25) is 5.91 Å². The van der Waals surface area contributed by atoms with Gasteiger partial charge in [0.15, 0.2) is 0 Å². The summed E-state index contributed by atoms with van der Waals surface area (Å²) in [6.45, 7) is 1.75. The van der Waals surface area contributed by atoms with Crippen molar-refractivity contribution >= 4 is 16.9 Å². The molecule has 3 N–H and O–H groups in total. The third kappa shape index (κ3) is 3.88. The number of hydrogen-bond donors (Lipinski definition) is 3. The lowest BCUT2D eigenvalue weighted by atomic mass is 10.1. The van der Waals surface area contributed by atoms with Crippen molar-refractivity contribution in [2.45, 2.75) is 44.3 Å². The standard InChI is InChI=1S/C19H20F3N5O/c1-10(13-9-23-27-14(13)6-7-19(20,21)22)24-18(28)12-8-11(12)17-25-15-4-2-3-5-16(15)26-17/h2-5,9-12H,6-8H2,1H3,(H,23,27)(H,24,28)(H,25,26)/t10?,11-,12-/m0/s1. The van der Waals surface area contributed by atoms with E-state index in [2.05, 4.69) is 25.5 Å². The number of aryl methyl sites for hydroxylation is 1. The summed E-state index contributed by atoms with van der Waals surface area (Å²) >= 11 is 0. The van der Waals surface area contributed by atoms with Gasteiger partial charge in [-0.15, -0.1) is 0 Å². The molecular weight excluding hydrogens is 371 g/mol. The SMILES string of the molecule is CC(NC(=O)[C@H]1C[C@@H]1c1nc2ccccc2[nH]1)c1cn[nH]c1CCC(F)(F)F. The number of nitrogens with zero attached hydrogens (tertiary/aromatic N) is 2. The van der Waals surface area contributed by atoms with Crippen molar-refractivity contribution in [3.8, 4) is 0 Å². The molecule has 0 saturated heterocycles. The number of benzene rings is 1. The first-order valence-corrected chi connectivity index (χ1v) is 9.16. The van der Waals surface area contributed by atoms with E-state index in [0.717, 1.165) is 16.9 Å². The van der Waals surface area contributed by atoms with Crippen LogP contribution in [0, 0.1) is 5.92 Å². The highest BCUT2D eigenvalue weighted by molar-refractivity contribution is 5.83. The lowest BCUT2D eigenvalue weighted by Crippen LogP contribution is -2.29. The van der Waals surface area contributed by atoms with Crippen LogP contribution in [0.4, 0.5) is 13.2 Å². The molecule has 1 saturated carbocycles. The molecule has 3 atom stereocenters. The van der Waals surface area contributed by atoms with Gasteiger partial charge < -0.3 is 10.3 Å². The first-order chi connectivity index (χ1) is 13.3. The second-order valence-corrected chi connectivity index (χ2v) is 7.24. The Morgan fingerprint density at radius 3 is 2.89 bits per heavy atom. The maximum Gasteiger partial charge on any atom is 0.389 e. The molecule has 0 radical (unpaired) electrons. The number of aromatic amines is 2. The van der Waals surface area contributed by atoms with E-state index in [1.165, 1.54) is 6.20 Å². The van der Waals surface area contributed by atoms with E-state index >= 15 is 0 Å². The van der Waals surface area contributed by atoms with Crippen molar-refractivity contribution in [3.05, 3.63) is 47.5 Å². The normalized spacial score (nSPS) is 20.3. The maximum absolute atomic E-state index is 12.6. The first kappa shape index (κ1) is 18.5. The summed E-state index contributed by atoms with van der Waals surface area (Å²) < 4.78 is 37.4. The van der Waals surface area contributed by atoms with Crippen molar-refractivity contribution in [1.29, 1.82) is 0 Å².